The topological polar surface area (TPSA) is 139 Å². The van der Waals surface area contributed by atoms with Gasteiger partial charge in [0.25, 0.3) is 0 Å². The minimum Gasteiger partial charge on any atom is -0.343 e. The number of nitrogens with two attached hydrogens (primary N) is 2. The number of amides is 1. The van der Waals surface area contributed by atoms with E-state index in [9.17, 15) is 9.36 Å². The largest absolute Gasteiger partial charge is 0.344 e. The van der Waals surface area contributed by atoms with E-state index in [1.165, 1.54) is 0 Å². The Bertz CT molecular complexity index is 229. The van der Waals surface area contributed by atoms with Gasteiger partial charge in [0.15, 0.2) is 0 Å². The molecule has 7 nitrogen and oxygen atoms in total. The first-order chi connectivity index (χ1) is 6.37. The molecule has 0 saturated heterocycles. The lowest BCUT2D eigenvalue weighted by Crippen LogP contribution is -2.41. The Hall–Kier alpha value is -0.460. The van der Waals surface area contributed by atoms with Crippen LogP contribution in [-0.2, 0) is 9.36 Å². The monoisotopic (exact) mass is 225 g/mol. The van der Waals surface area contributed by atoms with Crippen molar-refractivity contribution in [3.63, 3.8) is 0 Å². The van der Waals surface area contributed by atoms with Crippen LogP contribution in [0.3, 0.4) is 0 Å². The Morgan fingerprint density at radius 2 is 2.07 bits per heavy atom. The lowest BCUT2D eigenvalue weighted by molar-refractivity contribution is -0.122. The second kappa shape index (κ2) is 6.10. The summed E-state index contributed by atoms with van der Waals surface area (Å²) >= 11 is 0. The minimum absolute atomic E-state index is 0.406. The van der Waals surface area contributed by atoms with E-state index in [0.717, 1.165) is 0 Å². The van der Waals surface area contributed by atoms with E-state index in [4.69, 9.17) is 21.3 Å². The quantitative estimate of drug-likeness (QED) is 0.341. The molecule has 0 aliphatic rings. The molecule has 14 heavy (non-hydrogen) atoms. The highest BCUT2D eigenvalue weighted by Gasteiger charge is 2.18. The van der Waals surface area contributed by atoms with Gasteiger partial charge < -0.3 is 26.6 Å². The van der Waals surface area contributed by atoms with Gasteiger partial charge in [0.1, 0.15) is 6.29 Å². The summed E-state index contributed by atoms with van der Waals surface area (Å²) in [6.07, 6.45) is 0.330. The van der Waals surface area contributed by atoms with Crippen LogP contribution in [0.2, 0.25) is 0 Å². The maximum Gasteiger partial charge on any atom is 0.344 e. The van der Waals surface area contributed by atoms with Gasteiger partial charge in [0, 0.05) is 0 Å². The molecular formula is C6H16N3O4P. The lowest BCUT2D eigenvalue weighted by atomic mass is 10.1. The van der Waals surface area contributed by atoms with E-state index in [2.05, 4.69) is 5.32 Å². The molecule has 8 heteroatoms. The highest BCUT2D eigenvalue weighted by atomic mass is 31.2. The van der Waals surface area contributed by atoms with Crippen molar-refractivity contribution in [2.75, 3.05) is 12.8 Å². The van der Waals surface area contributed by atoms with Crippen LogP contribution < -0.4 is 16.8 Å². The summed E-state index contributed by atoms with van der Waals surface area (Å²) in [5.74, 6) is -0.568. The van der Waals surface area contributed by atoms with Crippen molar-refractivity contribution >= 4 is 13.5 Å². The van der Waals surface area contributed by atoms with Crippen LogP contribution in [0.1, 0.15) is 12.8 Å². The maximum absolute atomic E-state index is 11.1. The fraction of sp³-hybridized carbons (Fsp3) is 0.833. The molecule has 0 aliphatic heterocycles. The molecule has 0 aliphatic carbocycles. The van der Waals surface area contributed by atoms with Gasteiger partial charge >= 0.3 is 7.60 Å². The SMILES string of the molecule is NCCC[C@H](N)C(=O)NCP(=O)(O)O. The Labute approximate surface area is 82.0 Å². The Morgan fingerprint density at radius 1 is 1.50 bits per heavy atom. The third kappa shape index (κ3) is 6.99. The van der Waals surface area contributed by atoms with Gasteiger partial charge in [-0.3, -0.25) is 9.36 Å². The van der Waals surface area contributed by atoms with Gasteiger partial charge in [-0.1, -0.05) is 0 Å². The molecule has 0 fully saturated rings. The molecule has 0 rings (SSSR count). The molecule has 0 unspecified atom stereocenters. The fourth-order valence-electron chi connectivity index (χ4n) is 0.781. The van der Waals surface area contributed by atoms with Crippen LogP contribution in [0.5, 0.6) is 0 Å². The van der Waals surface area contributed by atoms with Crippen molar-refractivity contribution in [3.8, 4) is 0 Å². The Kier molecular flexibility index (Phi) is 5.90. The summed E-state index contributed by atoms with van der Waals surface area (Å²) in [5.41, 5.74) is 10.6. The van der Waals surface area contributed by atoms with Gasteiger partial charge in [0.2, 0.25) is 5.91 Å². The van der Waals surface area contributed by atoms with Crippen molar-refractivity contribution in [2.24, 2.45) is 11.5 Å². The van der Waals surface area contributed by atoms with Crippen LogP contribution in [-0.4, -0.2) is 34.6 Å². The van der Waals surface area contributed by atoms with Gasteiger partial charge in [-0.15, -0.1) is 0 Å². The van der Waals surface area contributed by atoms with Crippen LogP contribution >= 0.6 is 7.60 Å². The third-order valence-corrected chi connectivity index (χ3v) is 2.09. The summed E-state index contributed by atoms with van der Waals surface area (Å²) in [7, 11) is -4.20. The van der Waals surface area contributed by atoms with Crippen molar-refractivity contribution < 1.29 is 19.1 Å². The van der Waals surface area contributed by atoms with Gasteiger partial charge in [0.05, 0.1) is 6.04 Å². The molecule has 0 aromatic rings. The average Bonchev–Trinajstić information content (AvgIpc) is 2.09. The van der Waals surface area contributed by atoms with Gasteiger partial charge in [-0.2, -0.15) is 0 Å². The van der Waals surface area contributed by atoms with E-state index < -0.39 is 25.8 Å². The molecule has 1 atom stereocenters. The molecule has 0 saturated carbocycles. The van der Waals surface area contributed by atoms with Crippen LogP contribution in [0, 0.1) is 0 Å². The predicted molar refractivity (Wildman–Crippen MR) is 51.3 cm³/mol. The molecule has 0 aromatic carbocycles. The van der Waals surface area contributed by atoms with E-state index in [1.54, 1.807) is 0 Å². The summed E-state index contributed by atoms with van der Waals surface area (Å²) in [5, 5.41) is 2.06. The molecule has 0 spiro atoms. The molecule has 1 amide bonds. The zero-order valence-electron chi connectivity index (χ0n) is 7.72. The molecule has 84 valence electrons. The standard InChI is InChI=1S/C6H16N3O4P/c7-3-1-2-5(8)6(10)9-4-14(11,12)13/h5H,1-4,7-8H2,(H,9,10)(H2,11,12,13)/t5-/m0/s1. The normalized spacial score (nSPS) is 13.7. The van der Waals surface area contributed by atoms with E-state index >= 15 is 0 Å². The summed E-state index contributed by atoms with van der Waals surface area (Å²) < 4.78 is 10.4. The third-order valence-electron chi connectivity index (χ3n) is 1.52. The predicted octanol–water partition coefficient (Wildman–Crippen LogP) is -1.70. The number of hydrogen-bond donors (Lipinski definition) is 5. The number of nitrogens with one attached hydrogen (secondary N) is 1. The maximum atomic E-state index is 11.1. The fourth-order valence-corrected chi connectivity index (χ4v) is 1.14. The molecule has 0 heterocycles. The van der Waals surface area contributed by atoms with Gasteiger partial charge in [-0.05, 0) is 19.4 Å². The second-order valence-electron chi connectivity index (χ2n) is 2.90. The van der Waals surface area contributed by atoms with Crippen molar-refractivity contribution in [2.45, 2.75) is 18.9 Å². The van der Waals surface area contributed by atoms with Crippen molar-refractivity contribution in [1.29, 1.82) is 0 Å². The van der Waals surface area contributed by atoms with Gasteiger partial charge in [-0.25, -0.2) is 0 Å². The zero-order chi connectivity index (χ0) is 11.2. The minimum atomic E-state index is -4.20. The van der Waals surface area contributed by atoms with Crippen LogP contribution in [0.15, 0.2) is 0 Å². The molecular weight excluding hydrogens is 209 g/mol. The first kappa shape index (κ1) is 13.5. The van der Waals surface area contributed by atoms with Crippen LogP contribution in [0.4, 0.5) is 0 Å². The molecule has 0 bridgehead atoms. The smallest absolute Gasteiger partial charge is 0.343 e. The second-order valence-corrected chi connectivity index (χ2v) is 4.55. The molecule has 7 N–H and O–H groups in total. The van der Waals surface area contributed by atoms with E-state index in [-0.39, 0.29) is 0 Å². The van der Waals surface area contributed by atoms with Crippen molar-refractivity contribution in [1.82, 2.24) is 5.32 Å². The molecule has 0 aromatic heterocycles. The summed E-state index contributed by atoms with van der Waals surface area (Å²) in [6, 6.07) is -0.759. The number of carbonyl (C=O) groups is 1. The first-order valence-electron chi connectivity index (χ1n) is 4.14. The Morgan fingerprint density at radius 3 is 2.50 bits per heavy atom. The highest BCUT2D eigenvalue weighted by molar-refractivity contribution is 7.51. The number of hydrogen-bond acceptors (Lipinski definition) is 4. The lowest BCUT2D eigenvalue weighted by Gasteiger charge is -2.11. The van der Waals surface area contributed by atoms with Crippen LogP contribution in [0.25, 0.3) is 0 Å². The molecule has 0 radical (unpaired) electrons. The van der Waals surface area contributed by atoms with Crippen molar-refractivity contribution in [3.05, 3.63) is 0 Å². The first-order valence-corrected chi connectivity index (χ1v) is 5.94. The average molecular weight is 225 g/mol. The van der Waals surface area contributed by atoms with E-state index in [1.807, 2.05) is 0 Å². The zero-order valence-corrected chi connectivity index (χ0v) is 8.61. The Balaban J connectivity index is 3.79. The summed E-state index contributed by atoms with van der Waals surface area (Å²) in [4.78, 5) is 28.0. The number of carbonyl (C=O) groups excluding carboxylic acids is 1. The highest BCUT2D eigenvalue weighted by Crippen LogP contribution is 2.31. The summed E-state index contributed by atoms with van der Waals surface area (Å²) in [6.45, 7) is 0.430. The number of rotatable bonds is 6. The van der Waals surface area contributed by atoms with E-state index in [0.29, 0.717) is 19.4 Å².